The second-order valence-electron chi connectivity index (χ2n) is 4.46. The normalized spacial score (nSPS) is 10.9. The van der Waals surface area contributed by atoms with Crippen molar-refractivity contribution in [3.05, 3.63) is 35.5 Å². The summed E-state index contributed by atoms with van der Waals surface area (Å²) in [5.74, 6) is 0.605. The lowest BCUT2D eigenvalue weighted by atomic mass is 10.1. The molecule has 6 heteroatoms. The molecule has 0 aliphatic rings. The fourth-order valence-corrected chi connectivity index (χ4v) is 2.10. The van der Waals surface area contributed by atoms with Gasteiger partial charge in [0.1, 0.15) is 0 Å². The van der Waals surface area contributed by atoms with Crippen molar-refractivity contribution in [2.75, 3.05) is 11.9 Å². The Balaban J connectivity index is 2.11. The molecule has 0 bridgehead atoms. The van der Waals surface area contributed by atoms with Gasteiger partial charge in [0.2, 0.25) is 5.95 Å². The number of H-pyrrole nitrogens is 1. The minimum atomic E-state index is 0.605. The van der Waals surface area contributed by atoms with Gasteiger partial charge < -0.3 is 5.32 Å². The third-order valence-corrected chi connectivity index (χ3v) is 3.21. The van der Waals surface area contributed by atoms with Crippen molar-refractivity contribution in [3.63, 3.8) is 0 Å². The Bertz CT molecular complexity index is 720. The minimum Gasteiger partial charge on any atom is -0.354 e. The van der Waals surface area contributed by atoms with Gasteiger partial charge in [-0.2, -0.15) is 10.1 Å². The van der Waals surface area contributed by atoms with Crippen LogP contribution in [0.3, 0.4) is 0 Å². The van der Waals surface area contributed by atoms with E-state index < -0.39 is 0 Å². The standard InChI is InChI=1S/C14H14ClN5/c1-2-7-16-14-18-12(9-3-5-10(15)6-4-9)11-8-17-20-13(11)19-14/h3-6,8H,2,7H2,1H3,(H2,16,17,18,19,20). The number of rotatable bonds is 4. The number of benzene rings is 1. The van der Waals surface area contributed by atoms with Crippen molar-refractivity contribution in [2.45, 2.75) is 13.3 Å². The first-order valence-corrected chi connectivity index (χ1v) is 6.86. The summed E-state index contributed by atoms with van der Waals surface area (Å²) >= 11 is 5.93. The highest BCUT2D eigenvalue weighted by atomic mass is 35.5. The van der Waals surface area contributed by atoms with E-state index in [0.29, 0.717) is 11.0 Å². The SMILES string of the molecule is CCCNc1nc(-c2ccc(Cl)cc2)c2cn[nH]c2n1. The summed E-state index contributed by atoms with van der Waals surface area (Å²) in [6.07, 6.45) is 2.75. The van der Waals surface area contributed by atoms with Crippen LogP contribution in [-0.2, 0) is 0 Å². The topological polar surface area (TPSA) is 66.5 Å². The van der Waals surface area contributed by atoms with E-state index in [1.807, 2.05) is 24.3 Å². The largest absolute Gasteiger partial charge is 0.354 e. The Kier molecular flexibility index (Phi) is 3.52. The molecule has 3 rings (SSSR count). The van der Waals surface area contributed by atoms with Crippen LogP contribution < -0.4 is 5.32 Å². The number of aromatic amines is 1. The lowest BCUT2D eigenvalue weighted by Crippen LogP contribution is -2.05. The van der Waals surface area contributed by atoms with Crippen LogP contribution in [0.5, 0.6) is 0 Å². The number of hydrogen-bond donors (Lipinski definition) is 2. The van der Waals surface area contributed by atoms with Gasteiger partial charge in [0.05, 0.1) is 17.3 Å². The zero-order valence-corrected chi connectivity index (χ0v) is 11.8. The van der Waals surface area contributed by atoms with E-state index in [2.05, 4.69) is 32.4 Å². The zero-order valence-electron chi connectivity index (χ0n) is 11.0. The van der Waals surface area contributed by atoms with E-state index in [1.54, 1.807) is 6.20 Å². The summed E-state index contributed by atoms with van der Waals surface area (Å²) in [4.78, 5) is 9.00. The van der Waals surface area contributed by atoms with Crippen LogP contribution >= 0.6 is 11.6 Å². The molecule has 0 aliphatic carbocycles. The van der Waals surface area contributed by atoms with Crippen LogP contribution in [0.2, 0.25) is 5.02 Å². The molecular formula is C14H14ClN5. The molecule has 5 nitrogen and oxygen atoms in total. The van der Waals surface area contributed by atoms with Gasteiger partial charge in [0.25, 0.3) is 0 Å². The molecule has 0 radical (unpaired) electrons. The molecule has 0 amide bonds. The van der Waals surface area contributed by atoms with Crippen molar-refractivity contribution < 1.29 is 0 Å². The average molecular weight is 288 g/mol. The average Bonchev–Trinajstić information content (AvgIpc) is 2.93. The first-order valence-electron chi connectivity index (χ1n) is 6.49. The van der Waals surface area contributed by atoms with Crippen molar-refractivity contribution in [1.82, 2.24) is 20.2 Å². The summed E-state index contributed by atoms with van der Waals surface area (Å²) in [7, 11) is 0. The molecule has 0 saturated heterocycles. The van der Waals surface area contributed by atoms with Crippen molar-refractivity contribution in [3.8, 4) is 11.3 Å². The van der Waals surface area contributed by atoms with Gasteiger partial charge in [-0.3, -0.25) is 5.10 Å². The number of anilines is 1. The van der Waals surface area contributed by atoms with Crippen LogP contribution in [0.1, 0.15) is 13.3 Å². The minimum absolute atomic E-state index is 0.605. The van der Waals surface area contributed by atoms with E-state index in [0.717, 1.165) is 35.3 Å². The third-order valence-electron chi connectivity index (χ3n) is 2.96. The Morgan fingerprint density at radius 3 is 2.75 bits per heavy atom. The molecule has 0 unspecified atom stereocenters. The van der Waals surface area contributed by atoms with Crippen molar-refractivity contribution in [1.29, 1.82) is 0 Å². The predicted molar refractivity (Wildman–Crippen MR) is 80.9 cm³/mol. The molecule has 1 aromatic carbocycles. The van der Waals surface area contributed by atoms with Gasteiger partial charge in [-0.25, -0.2) is 4.98 Å². The smallest absolute Gasteiger partial charge is 0.225 e. The maximum absolute atomic E-state index is 5.93. The van der Waals surface area contributed by atoms with Gasteiger partial charge in [0.15, 0.2) is 5.65 Å². The summed E-state index contributed by atoms with van der Waals surface area (Å²) < 4.78 is 0. The molecule has 0 spiro atoms. The number of halogens is 1. The van der Waals surface area contributed by atoms with Crippen LogP contribution in [-0.4, -0.2) is 26.7 Å². The monoisotopic (exact) mass is 287 g/mol. The maximum Gasteiger partial charge on any atom is 0.225 e. The van der Waals surface area contributed by atoms with Gasteiger partial charge in [-0.1, -0.05) is 30.7 Å². The molecule has 2 N–H and O–H groups in total. The highest BCUT2D eigenvalue weighted by Gasteiger charge is 2.11. The van der Waals surface area contributed by atoms with Crippen LogP contribution in [0.4, 0.5) is 5.95 Å². The van der Waals surface area contributed by atoms with E-state index >= 15 is 0 Å². The highest BCUT2D eigenvalue weighted by Crippen LogP contribution is 2.27. The van der Waals surface area contributed by atoms with Crippen molar-refractivity contribution >= 4 is 28.6 Å². The number of nitrogens with zero attached hydrogens (tertiary/aromatic N) is 3. The van der Waals surface area contributed by atoms with Gasteiger partial charge in [0, 0.05) is 17.1 Å². The number of hydrogen-bond acceptors (Lipinski definition) is 4. The highest BCUT2D eigenvalue weighted by molar-refractivity contribution is 6.30. The molecule has 0 atom stereocenters. The number of aromatic nitrogens is 4. The molecule has 0 saturated carbocycles. The quantitative estimate of drug-likeness (QED) is 0.771. The Morgan fingerprint density at radius 2 is 2.00 bits per heavy atom. The zero-order chi connectivity index (χ0) is 13.9. The fraction of sp³-hybridized carbons (Fsp3) is 0.214. The summed E-state index contributed by atoms with van der Waals surface area (Å²) in [6.45, 7) is 2.93. The van der Waals surface area contributed by atoms with E-state index in [1.165, 1.54) is 0 Å². The van der Waals surface area contributed by atoms with E-state index in [-0.39, 0.29) is 0 Å². The van der Waals surface area contributed by atoms with Crippen LogP contribution in [0.15, 0.2) is 30.5 Å². The second-order valence-corrected chi connectivity index (χ2v) is 4.90. The lowest BCUT2D eigenvalue weighted by molar-refractivity contribution is 0.955. The van der Waals surface area contributed by atoms with E-state index in [4.69, 9.17) is 11.6 Å². The molecule has 0 aliphatic heterocycles. The Labute approximate surface area is 121 Å². The first-order chi connectivity index (χ1) is 9.78. The molecule has 0 fully saturated rings. The predicted octanol–water partition coefficient (Wildman–Crippen LogP) is 3.50. The van der Waals surface area contributed by atoms with Crippen molar-refractivity contribution in [2.24, 2.45) is 0 Å². The lowest BCUT2D eigenvalue weighted by Gasteiger charge is -2.07. The molecular weight excluding hydrogens is 274 g/mol. The van der Waals surface area contributed by atoms with E-state index in [9.17, 15) is 0 Å². The molecule has 20 heavy (non-hydrogen) atoms. The van der Waals surface area contributed by atoms with Gasteiger partial charge in [-0.05, 0) is 18.6 Å². The maximum atomic E-state index is 5.93. The summed E-state index contributed by atoms with van der Waals surface area (Å²) in [6, 6.07) is 7.59. The fourth-order valence-electron chi connectivity index (χ4n) is 1.98. The number of fused-ring (bicyclic) bond motifs is 1. The molecule has 3 aromatic rings. The summed E-state index contributed by atoms with van der Waals surface area (Å²) in [5.41, 5.74) is 2.56. The molecule has 2 aromatic heterocycles. The van der Waals surface area contributed by atoms with Gasteiger partial charge >= 0.3 is 0 Å². The number of nitrogens with one attached hydrogen (secondary N) is 2. The molecule has 2 heterocycles. The second kappa shape index (κ2) is 5.46. The van der Waals surface area contributed by atoms with Gasteiger partial charge in [-0.15, -0.1) is 0 Å². The Hall–Kier alpha value is -2.14. The van der Waals surface area contributed by atoms with Crippen LogP contribution in [0.25, 0.3) is 22.3 Å². The molecule has 102 valence electrons. The van der Waals surface area contributed by atoms with Crippen LogP contribution in [0, 0.1) is 0 Å². The summed E-state index contributed by atoms with van der Waals surface area (Å²) in [5, 5.41) is 11.7. The first kappa shape index (κ1) is 12.9. The Morgan fingerprint density at radius 1 is 1.20 bits per heavy atom. The third kappa shape index (κ3) is 2.44.